The lowest BCUT2D eigenvalue weighted by molar-refractivity contribution is -0.104. The SMILES string of the molecule is C=C(C)N=CC=C(C)C.CC.CCCCN(CC)Cc1ncc(/C=C/C=O)n1CC1CCO1.COc1ccc(F)cc1F. The second-order valence-electron chi connectivity index (χ2n) is 9.75. The largest absolute Gasteiger partial charge is 0.494 e. The van der Waals surface area contributed by atoms with Crippen LogP contribution in [0.3, 0.4) is 0 Å². The van der Waals surface area contributed by atoms with E-state index in [1.807, 2.05) is 53.0 Å². The summed E-state index contributed by atoms with van der Waals surface area (Å²) < 4.78 is 37.0. The van der Waals surface area contributed by atoms with Crippen molar-refractivity contribution in [2.75, 3.05) is 26.8 Å². The van der Waals surface area contributed by atoms with E-state index in [4.69, 9.17) is 4.74 Å². The van der Waals surface area contributed by atoms with Gasteiger partial charge in [0.1, 0.15) is 17.9 Å². The highest BCUT2D eigenvalue weighted by molar-refractivity contribution is 5.73. The number of halogens is 2. The Kier molecular flexibility index (Phi) is 22.1. The maximum absolute atomic E-state index is 12.5. The van der Waals surface area contributed by atoms with Crippen molar-refractivity contribution in [3.8, 4) is 5.75 Å². The van der Waals surface area contributed by atoms with Crippen LogP contribution >= 0.6 is 0 Å². The first kappa shape index (κ1) is 39.6. The van der Waals surface area contributed by atoms with E-state index < -0.39 is 11.6 Å². The van der Waals surface area contributed by atoms with Gasteiger partial charge in [-0.15, -0.1) is 0 Å². The molecule has 2 aromatic rings. The maximum atomic E-state index is 12.5. The third-order valence-electron chi connectivity index (χ3n) is 5.95. The highest BCUT2D eigenvalue weighted by Gasteiger charge is 2.21. The number of hydrogen-bond acceptors (Lipinski definition) is 6. The van der Waals surface area contributed by atoms with Gasteiger partial charge in [0, 0.05) is 24.6 Å². The molecular weight excluding hydrogens is 550 g/mol. The van der Waals surface area contributed by atoms with E-state index in [0.29, 0.717) is 0 Å². The smallest absolute Gasteiger partial charge is 0.167 e. The average molecular weight is 603 g/mol. The standard InChI is InChI=1S/C17H27N3O2.C8H13N.C7H6F2O.C2H6/c1-3-5-9-19(4-2)14-17-18-12-15(7-6-10-21)20(17)13-16-8-11-22-16;1-7(2)5-6-9-8(3)4;1-10-7-3-2-5(8)4-6(7)9;1-2/h6-7,10,12,16H,3-5,8-9,11,13-14H2,1-2H3;5-6H,3H2,1-2,4H3;2-4H,1H3;1-2H3/b7-6+;;;. The molecule has 0 saturated carbocycles. The van der Waals surface area contributed by atoms with Gasteiger partial charge in [-0.3, -0.25) is 14.7 Å². The summed E-state index contributed by atoms with van der Waals surface area (Å²) in [6.07, 6.45) is 13.5. The van der Waals surface area contributed by atoms with Crippen LogP contribution in [-0.4, -0.2) is 59.9 Å². The van der Waals surface area contributed by atoms with Crippen molar-refractivity contribution in [3.05, 3.63) is 77.5 Å². The molecule has 43 heavy (non-hydrogen) atoms. The second-order valence-corrected chi connectivity index (χ2v) is 9.75. The highest BCUT2D eigenvalue weighted by Crippen LogP contribution is 2.18. The molecule has 2 heterocycles. The molecule has 1 aliphatic rings. The number of nitrogens with zero attached hydrogens (tertiary/aromatic N) is 4. The van der Waals surface area contributed by atoms with Gasteiger partial charge in [-0.2, -0.15) is 0 Å². The molecule has 1 saturated heterocycles. The van der Waals surface area contributed by atoms with Crippen molar-refractivity contribution in [3.63, 3.8) is 0 Å². The van der Waals surface area contributed by atoms with Gasteiger partial charge in [-0.25, -0.2) is 13.8 Å². The van der Waals surface area contributed by atoms with Gasteiger partial charge in [-0.05, 0) is 77.1 Å². The molecule has 7 nitrogen and oxygen atoms in total. The molecule has 240 valence electrons. The van der Waals surface area contributed by atoms with Crippen LogP contribution in [0, 0.1) is 11.6 Å². The number of allylic oxidation sites excluding steroid dienone is 4. The van der Waals surface area contributed by atoms with Crippen LogP contribution in [0.1, 0.15) is 79.2 Å². The summed E-state index contributed by atoms with van der Waals surface area (Å²) in [5, 5.41) is 0. The molecule has 1 aromatic carbocycles. The topological polar surface area (TPSA) is 69.0 Å². The predicted octanol–water partition coefficient (Wildman–Crippen LogP) is 8.06. The molecule has 0 amide bonds. The zero-order chi connectivity index (χ0) is 32.6. The van der Waals surface area contributed by atoms with Gasteiger partial charge < -0.3 is 14.0 Å². The molecule has 1 fully saturated rings. The number of methoxy groups -OCH3 is 1. The Labute approximate surface area is 258 Å². The molecule has 0 bridgehead atoms. The fourth-order valence-corrected chi connectivity index (χ4v) is 3.55. The normalized spacial score (nSPS) is 13.6. The minimum Gasteiger partial charge on any atom is -0.494 e. The summed E-state index contributed by atoms with van der Waals surface area (Å²) >= 11 is 0. The van der Waals surface area contributed by atoms with Crippen LogP contribution in [0.2, 0.25) is 0 Å². The van der Waals surface area contributed by atoms with Gasteiger partial charge in [0.25, 0.3) is 0 Å². The molecule has 0 aliphatic carbocycles. The summed E-state index contributed by atoms with van der Waals surface area (Å²) in [6.45, 7) is 22.6. The van der Waals surface area contributed by atoms with Gasteiger partial charge >= 0.3 is 0 Å². The molecule has 1 unspecified atom stereocenters. The Balaban J connectivity index is 0.000000696. The molecule has 1 aliphatic heterocycles. The highest BCUT2D eigenvalue weighted by atomic mass is 19.1. The van der Waals surface area contributed by atoms with Crippen LogP contribution in [0.15, 0.2) is 59.4 Å². The average Bonchev–Trinajstić information content (AvgIpc) is 3.33. The van der Waals surface area contributed by atoms with E-state index in [1.54, 1.807) is 6.21 Å². The van der Waals surface area contributed by atoms with E-state index in [0.717, 1.165) is 74.8 Å². The van der Waals surface area contributed by atoms with E-state index in [1.165, 1.54) is 37.7 Å². The minimum absolute atomic E-state index is 0.0569. The van der Waals surface area contributed by atoms with Gasteiger partial charge in [0.15, 0.2) is 11.6 Å². The van der Waals surface area contributed by atoms with E-state index in [-0.39, 0.29) is 11.9 Å². The van der Waals surface area contributed by atoms with Crippen molar-refractivity contribution in [2.24, 2.45) is 4.99 Å². The number of hydrogen-bond donors (Lipinski definition) is 0. The van der Waals surface area contributed by atoms with Crippen LogP contribution < -0.4 is 4.74 Å². The molecule has 0 radical (unpaired) electrons. The third kappa shape index (κ3) is 17.3. The zero-order valence-electron chi connectivity index (χ0n) is 27.4. The Morgan fingerprint density at radius 1 is 1.26 bits per heavy atom. The van der Waals surface area contributed by atoms with Crippen molar-refractivity contribution in [1.29, 1.82) is 0 Å². The van der Waals surface area contributed by atoms with Crippen LogP contribution in [-0.2, 0) is 22.6 Å². The summed E-state index contributed by atoms with van der Waals surface area (Å²) in [7, 11) is 1.33. The van der Waals surface area contributed by atoms with Crippen molar-refractivity contribution in [1.82, 2.24) is 14.5 Å². The Bertz CT molecular complexity index is 1150. The number of aliphatic imine (C=N–C) groups is 1. The number of carbonyl (C=O) groups is 1. The lowest BCUT2D eigenvalue weighted by atomic mass is 10.2. The zero-order valence-corrected chi connectivity index (χ0v) is 27.4. The minimum atomic E-state index is -0.678. The fourth-order valence-electron chi connectivity index (χ4n) is 3.55. The summed E-state index contributed by atoms with van der Waals surface area (Å²) in [6, 6.07) is 3.16. The van der Waals surface area contributed by atoms with Crippen molar-refractivity contribution >= 4 is 18.6 Å². The molecular formula is C34H52F2N4O3. The first-order valence-electron chi connectivity index (χ1n) is 15.0. The van der Waals surface area contributed by atoms with Gasteiger partial charge in [-0.1, -0.05) is 46.3 Å². The lowest BCUT2D eigenvalue weighted by Crippen LogP contribution is -2.33. The molecule has 9 heteroatoms. The number of rotatable bonds is 13. The third-order valence-corrected chi connectivity index (χ3v) is 5.95. The Hall–Kier alpha value is -3.43. The van der Waals surface area contributed by atoms with Crippen LogP contribution in [0.5, 0.6) is 5.75 Å². The van der Waals surface area contributed by atoms with Crippen LogP contribution in [0.4, 0.5) is 8.78 Å². The van der Waals surface area contributed by atoms with Crippen molar-refractivity contribution < 1.29 is 23.0 Å². The summed E-state index contributed by atoms with van der Waals surface area (Å²) in [5.41, 5.74) is 3.07. The van der Waals surface area contributed by atoms with E-state index in [9.17, 15) is 13.6 Å². The summed E-state index contributed by atoms with van der Waals surface area (Å²) in [4.78, 5) is 21.5. The van der Waals surface area contributed by atoms with Crippen molar-refractivity contribution in [2.45, 2.75) is 86.9 Å². The summed E-state index contributed by atoms with van der Waals surface area (Å²) in [5.74, 6) is -0.166. The number of benzene rings is 1. The quantitative estimate of drug-likeness (QED) is 0.132. The lowest BCUT2D eigenvalue weighted by Gasteiger charge is -2.28. The number of carbonyl (C=O) groups excluding carboxylic acids is 1. The van der Waals surface area contributed by atoms with Gasteiger partial charge in [0.2, 0.25) is 0 Å². The second kappa shape index (κ2) is 24.1. The van der Waals surface area contributed by atoms with Gasteiger partial charge in [0.05, 0.1) is 38.2 Å². The molecule has 0 spiro atoms. The molecule has 1 atom stereocenters. The van der Waals surface area contributed by atoms with E-state index >= 15 is 0 Å². The number of imidazole rings is 1. The molecule has 0 N–H and O–H groups in total. The first-order chi connectivity index (χ1) is 20.6. The molecule has 1 aromatic heterocycles. The Morgan fingerprint density at radius 3 is 2.44 bits per heavy atom. The Morgan fingerprint density at radius 2 is 1.95 bits per heavy atom. The number of aromatic nitrogens is 2. The molecule has 3 rings (SSSR count). The van der Waals surface area contributed by atoms with Crippen LogP contribution in [0.25, 0.3) is 6.08 Å². The first-order valence-corrected chi connectivity index (χ1v) is 15.0. The number of unbranched alkanes of at least 4 members (excludes halogenated alkanes) is 1. The number of ether oxygens (including phenoxy) is 2. The monoisotopic (exact) mass is 602 g/mol. The number of aldehydes is 1. The van der Waals surface area contributed by atoms with E-state index in [2.05, 4.69) is 44.6 Å². The fraction of sp³-hybridized carbons (Fsp3) is 0.500. The predicted molar refractivity (Wildman–Crippen MR) is 175 cm³/mol. The maximum Gasteiger partial charge on any atom is 0.167 e.